The Kier molecular flexibility index (Phi) is 4.88. The van der Waals surface area contributed by atoms with E-state index in [1.54, 1.807) is 4.90 Å². The number of hydrogen-bond acceptors (Lipinski definition) is 3. The van der Waals surface area contributed by atoms with Crippen molar-refractivity contribution in [3.8, 4) is 0 Å². The highest BCUT2D eigenvalue weighted by Gasteiger charge is 2.26. The number of halogens is 1. The lowest BCUT2D eigenvalue weighted by Gasteiger charge is -2.31. The lowest BCUT2D eigenvalue weighted by molar-refractivity contribution is -0.123. The number of thiophene rings is 1. The van der Waals surface area contributed by atoms with Gasteiger partial charge >= 0.3 is 6.03 Å². The van der Waals surface area contributed by atoms with Crippen LogP contribution >= 0.6 is 22.9 Å². The molecule has 0 unspecified atom stereocenters. The van der Waals surface area contributed by atoms with Crippen LogP contribution in [-0.2, 0) is 4.79 Å². The molecular weight excluding hydrogens is 298 g/mol. The number of nitrogens with one attached hydrogen (secondary N) is 1. The average molecular weight is 316 g/mol. The van der Waals surface area contributed by atoms with Crippen LogP contribution in [0.25, 0.3) is 0 Å². The molecule has 1 aliphatic rings. The first kappa shape index (κ1) is 15.1. The molecule has 2 heterocycles. The quantitative estimate of drug-likeness (QED) is 0.898. The molecule has 1 aromatic heterocycles. The summed E-state index contributed by atoms with van der Waals surface area (Å²) in [5.74, 6) is -0.376. The fourth-order valence-electron chi connectivity index (χ4n) is 2.28. The number of rotatable bonds is 3. The van der Waals surface area contributed by atoms with Crippen molar-refractivity contribution in [2.24, 2.45) is 11.7 Å². The van der Waals surface area contributed by atoms with Gasteiger partial charge in [0.25, 0.3) is 0 Å². The van der Waals surface area contributed by atoms with E-state index in [1.165, 1.54) is 11.3 Å². The first-order valence-electron chi connectivity index (χ1n) is 6.57. The highest BCUT2D eigenvalue weighted by atomic mass is 35.5. The highest BCUT2D eigenvalue weighted by molar-refractivity contribution is 7.16. The van der Waals surface area contributed by atoms with E-state index in [2.05, 4.69) is 5.32 Å². The monoisotopic (exact) mass is 315 g/mol. The van der Waals surface area contributed by atoms with Gasteiger partial charge in [-0.3, -0.25) is 4.79 Å². The molecule has 1 aromatic rings. The Morgan fingerprint density at radius 3 is 2.60 bits per heavy atom. The molecule has 7 heteroatoms. The van der Waals surface area contributed by atoms with Crippen LogP contribution < -0.4 is 11.1 Å². The van der Waals surface area contributed by atoms with Crippen LogP contribution in [-0.4, -0.2) is 29.9 Å². The number of hydrogen-bond donors (Lipinski definition) is 2. The Hall–Kier alpha value is -1.27. The van der Waals surface area contributed by atoms with Crippen LogP contribution in [0.4, 0.5) is 4.79 Å². The van der Waals surface area contributed by atoms with E-state index in [1.807, 2.05) is 19.1 Å². The van der Waals surface area contributed by atoms with Crippen LogP contribution in [0.2, 0.25) is 4.34 Å². The van der Waals surface area contributed by atoms with E-state index in [9.17, 15) is 9.59 Å². The maximum Gasteiger partial charge on any atom is 0.317 e. The molecule has 0 bridgehead atoms. The summed E-state index contributed by atoms with van der Waals surface area (Å²) in [5, 5.41) is 2.95. The largest absolute Gasteiger partial charge is 0.369 e. The van der Waals surface area contributed by atoms with Gasteiger partial charge in [-0.15, -0.1) is 11.3 Å². The Bertz CT molecular complexity index is 498. The van der Waals surface area contributed by atoms with Crippen molar-refractivity contribution in [2.45, 2.75) is 25.8 Å². The number of amides is 3. The second-order valence-electron chi connectivity index (χ2n) is 4.98. The zero-order valence-corrected chi connectivity index (χ0v) is 12.8. The van der Waals surface area contributed by atoms with Crippen LogP contribution in [0.1, 0.15) is 30.7 Å². The Labute approximate surface area is 127 Å². The summed E-state index contributed by atoms with van der Waals surface area (Å²) >= 11 is 7.35. The molecule has 0 saturated carbocycles. The lowest BCUT2D eigenvalue weighted by Crippen LogP contribution is -2.46. The molecule has 1 atom stereocenters. The SMILES string of the molecule is C[C@H](NC(=O)N1CCC(C(N)=O)CC1)c1ccc(Cl)s1. The lowest BCUT2D eigenvalue weighted by atomic mass is 9.96. The molecule has 0 spiro atoms. The van der Waals surface area contributed by atoms with Crippen molar-refractivity contribution >= 4 is 34.9 Å². The summed E-state index contributed by atoms with van der Waals surface area (Å²) in [7, 11) is 0. The Morgan fingerprint density at radius 2 is 2.10 bits per heavy atom. The maximum absolute atomic E-state index is 12.1. The molecule has 110 valence electrons. The molecule has 0 aromatic carbocycles. The number of likely N-dealkylation sites (tertiary alicyclic amines) is 1. The number of nitrogens with zero attached hydrogens (tertiary/aromatic N) is 1. The summed E-state index contributed by atoms with van der Waals surface area (Å²) in [5.41, 5.74) is 5.28. The van der Waals surface area contributed by atoms with Gasteiger partial charge in [0.1, 0.15) is 0 Å². The van der Waals surface area contributed by atoms with Gasteiger partial charge in [0.2, 0.25) is 5.91 Å². The van der Waals surface area contributed by atoms with Crippen molar-refractivity contribution in [2.75, 3.05) is 13.1 Å². The molecule has 1 saturated heterocycles. The van der Waals surface area contributed by atoms with Gasteiger partial charge in [0.15, 0.2) is 0 Å². The second-order valence-corrected chi connectivity index (χ2v) is 6.72. The number of nitrogens with two attached hydrogens (primary N) is 1. The molecular formula is C13H18ClN3O2S. The molecule has 2 rings (SSSR count). The van der Waals surface area contributed by atoms with Crippen LogP contribution in [0, 0.1) is 5.92 Å². The minimum absolute atomic E-state index is 0.0751. The molecule has 0 aliphatic carbocycles. The van der Waals surface area contributed by atoms with Crippen molar-refractivity contribution < 1.29 is 9.59 Å². The first-order valence-corrected chi connectivity index (χ1v) is 7.77. The average Bonchev–Trinajstić information content (AvgIpc) is 2.85. The van der Waals surface area contributed by atoms with Gasteiger partial charge in [-0.1, -0.05) is 11.6 Å². The van der Waals surface area contributed by atoms with Crippen molar-refractivity contribution in [1.29, 1.82) is 0 Å². The topological polar surface area (TPSA) is 75.4 Å². The van der Waals surface area contributed by atoms with Gasteiger partial charge in [-0.25, -0.2) is 4.79 Å². The van der Waals surface area contributed by atoms with Gasteiger partial charge in [-0.2, -0.15) is 0 Å². The number of carbonyl (C=O) groups is 2. The van der Waals surface area contributed by atoms with Crippen LogP contribution in [0.15, 0.2) is 12.1 Å². The minimum Gasteiger partial charge on any atom is -0.369 e. The second kappa shape index (κ2) is 6.45. The van der Waals surface area contributed by atoms with E-state index in [4.69, 9.17) is 17.3 Å². The smallest absolute Gasteiger partial charge is 0.317 e. The summed E-state index contributed by atoms with van der Waals surface area (Å²) in [6.45, 7) is 3.06. The highest BCUT2D eigenvalue weighted by Crippen LogP contribution is 2.27. The van der Waals surface area contributed by atoms with E-state index >= 15 is 0 Å². The van der Waals surface area contributed by atoms with Crippen molar-refractivity contribution in [3.05, 3.63) is 21.3 Å². The van der Waals surface area contributed by atoms with E-state index in [0.717, 1.165) is 4.88 Å². The summed E-state index contributed by atoms with van der Waals surface area (Å²) < 4.78 is 0.711. The third-order valence-corrected chi connectivity index (χ3v) is 4.96. The minimum atomic E-state index is -0.272. The van der Waals surface area contributed by atoms with E-state index < -0.39 is 0 Å². The van der Waals surface area contributed by atoms with Crippen molar-refractivity contribution in [3.63, 3.8) is 0 Å². The standard InChI is InChI=1S/C13H18ClN3O2S/c1-8(10-2-3-11(14)20-10)16-13(19)17-6-4-9(5-7-17)12(15)18/h2-3,8-9H,4-7H2,1H3,(H2,15,18)(H,16,19)/t8-/m0/s1. The van der Waals surface area contributed by atoms with Gasteiger partial charge in [-0.05, 0) is 31.9 Å². The maximum atomic E-state index is 12.1. The third kappa shape index (κ3) is 3.64. The predicted octanol–water partition coefficient (Wildman–Crippen LogP) is 2.37. The summed E-state index contributed by atoms with van der Waals surface area (Å²) in [6, 6.07) is 3.55. The summed E-state index contributed by atoms with van der Waals surface area (Å²) in [6.07, 6.45) is 1.28. The van der Waals surface area contributed by atoms with Crippen LogP contribution in [0.5, 0.6) is 0 Å². The van der Waals surface area contributed by atoms with E-state index in [-0.39, 0.29) is 23.9 Å². The van der Waals surface area contributed by atoms with E-state index in [0.29, 0.717) is 30.3 Å². The number of urea groups is 1. The van der Waals surface area contributed by atoms with Crippen LogP contribution in [0.3, 0.4) is 0 Å². The van der Waals surface area contributed by atoms with Gasteiger partial charge in [0, 0.05) is 23.9 Å². The first-order chi connectivity index (χ1) is 9.47. The fourth-order valence-corrected chi connectivity index (χ4v) is 3.34. The fraction of sp³-hybridized carbons (Fsp3) is 0.538. The summed E-state index contributed by atoms with van der Waals surface area (Å²) in [4.78, 5) is 26.0. The normalized spacial score (nSPS) is 17.8. The number of piperidine rings is 1. The van der Waals surface area contributed by atoms with Gasteiger partial charge in [0.05, 0.1) is 10.4 Å². The molecule has 5 nitrogen and oxygen atoms in total. The molecule has 3 N–H and O–H groups in total. The zero-order chi connectivity index (χ0) is 14.7. The molecule has 0 radical (unpaired) electrons. The third-order valence-electron chi connectivity index (χ3n) is 3.55. The molecule has 1 fully saturated rings. The molecule has 1 aliphatic heterocycles. The van der Waals surface area contributed by atoms with Gasteiger partial charge < -0.3 is 16.0 Å². The predicted molar refractivity (Wildman–Crippen MR) is 79.8 cm³/mol. The number of carbonyl (C=O) groups excluding carboxylic acids is 2. The molecule has 3 amide bonds. The Balaban J connectivity index is 1.85. The zero-order valence-electron chi connectivity index (χ0n) is 11.3. The van der Waals surface area contributed by atoms with Crippen molar-refractivity contribution in [1.82, 2.24) is 10.2 Å². The molecule has 20 heavy (non-hydrogen) atoms. The Morgan fingerprint density at radius 1 is 1.45 bits per heavy atom. The number of primary amides is 1.